The van der Waals surface area contributed by atoms with Crippen molar-refractivity contribution in [2.75, 3.05) is 20.8 Å². The van der Waals surface area contributed by atoms with E-state index in [4.69, 9.17) is 19.2 Å². The van der Waals surface area contributed by atoms with Crippen LogP contribution in [0.2, 0.25) is 0 Å². The van der Waals surface area contributed by atoms with E-state index in [1.165, 1.54) is 6.07 Å². The molecule has 0 radical (unpaired) electrons. The van der Waals surface area contributed by atoms with Crippen LogP contribution in [-0.4, -0.2) is 46.4 Å². The molecule has 0 aliphatic carbocycles. The van der Waals surface area contributed by atoms with Gasteiger partial charge in [-0.3, -0.25) is 0 Å². The molecule has 0 amide bonds. The number of carboxylic acids is 1. The minimum Gasteiger partial charge on any atom is -0.478 e. The van der Waals surface area contributed by atoms with Crippen LogP contribution in [0.25, 0.3) is 22.3 Å². The maximum absolute atomic E-state index is 14.3. The summed E-state index contributed by atoms with van der Waals surface area (Å²) in [6.45, 7) is 3.30. The number of ether oxygens (including phenoxy) is 3. The van der Waals surface area contributed by atoms with Gasteiger partial charge in [-0.1, -0.05) is 30.3 Å². The summed E-state index contributed by atoms with van der Waals surface area (Å²) in [6, 6.07) is 21.6. The lowest BCUT2D eigenvalue weighted by Gasteiger charge is -2.14. The molecule has 9 heteroatoms. The lowest BCUT2D eigenvalue weighted by atomic mass is 9.99. The van der Waals surface area contributed by atoms with Crippen LogP contribution in [-0.2, 0) is 35.7 Å². The van der Waals surface area contributed by atoms with Gasteiger partial charge in [0.05, 0.1) is 35.5 Å². The molecule has 0 aliphatic rings. The van der Waals surface area contributed by atoms with Crippen LogP contribution < -0.4 is 4.74 Å². The van der Waals surface area contributed by atoms with Crippen molar-refractivity contribution in [1.29, 1.82) is 0 Å². The Morgan fingerprint density at radius 3 is 2.50 bits per heavy atom. The minimum atomic E-state index is -0.985. The van der Waals surface area contributed by atoms with Gasteiger partial charge in [0.25, 0.3) is 0 Å². The molecule has 2 aromatic heterocycles. The highest BCUT2D eigenvalue weighted by Gasteiger charge is 2.16. The van der Waals surface area contributed by atoms with E-state index in [0.29, 0.717) is 43.3 Å². The predicted octanol–water partition coefficient (Wildman–Crippen LogP) is 6.21. The van der Waals surface area contributed by atoms with Crippen molar-refractivity contribution in [2.45, 2.75) is 33.1 Å². The smallest absolute Gasteiger partial charge is 0.335 e. The first-order chi connectivity index (χ1) is 20.4. The van der Waals surface area contributed by atoms with Gasteiger partial charge < -0.3 is 23.9 Å². The molecule has 0 atom stereocenters. The lowest BCUT2D eigenvalue weighted by Crippen LogP contribution is -2.10. The Balaban J connectivity index is 1.42. The van der Waals surface area contributed by atoms with E-state index in [-0.39, 0.29) is 18.0 Å². The van der Waals surface area contributed by atoms with Gasteiger partial charge in [-0.15, -0.1) is 0 Å². The topological polar surface area (TPSA) is 95.7 Å². The zero-order valence-electron chi connectivity index (χ0n) is 23.8. The van der Waals surface area contributed by atoms with Gasteiger partial charge in [-0.25, -0.2) is 19.2 Å². The van der Waals surface area contributed by atoms with Gasteiger partial charge in [0, 0.05) is 44.4 Å². The summed E-state index contributed by atoms with van der Waals surface area (Å²) in [5.74, 6) is -0.0886. The summed E-state index contributed by atoms with van der Waals surface area (Å²) in [6.07, 6.45) is 0.512. The molecule has 216 valence electrons. The summed E-state index contributed by atoms with van der Waals surface area (Å²) in [7, 11) is 3.28. The van der Waals surface area contributed by atoms with E-state index >= 15 is 0 Å². The Morgan fingerprint density at radius 1 is 0.905 bits per heavy atom. The average molecular weight is 570 g/mol. The molecule has 0 saturated heterocycles. The first-order valence-corrected chi connectivity index (χ1v) is 13.5. The van der Waals surface area contributed by atoms with Gasteiger partial charge in [0.1, 0.15) is 18.2 Å². The van der Waals surface area contributed by atoms with Gasteiger partial charge >= 0.3 is 5.97 Å². The van der Waals surface area contributed by atoms with Crippen LogP contribution in [0.15, 0.2) is 72.8 Å². The zero-order chi connectivity index (χ0) is 29.6. The summed E-state index contributed by atoms with van der Waals surface area (Å²) in [5, 5.41) is 9.49. The van der Waals surface area contributed by atoms with E-state index in [1.54, 1.807) is 44.6 Å². The first kappa shape index (κ1) is 28.9. The second-order valence-corrected chi connectivity index (χ2v) is 10.0. The average Bonchev–Trinajstić information content (AvgIpc) is 3.32. The van der Waals surface area contributed by atoms with Crippen LogP contribution in [0, 0.1) is 12.7 Å². The molecule has 42 heavy (non-hydrogen) atoms. The van der Waals surface area contributed by atoms with Crippen molar-refractivity contribution in [2.24, 2.45) is 0 Å². The number of aromatic carboxylic acids is 1. The number of halogens is 1. The molecular formula is C33H32FN3O5. The third-order valence-electron chi connectivity index (χ3n) is 7.05. The van der Waals surface area contributed by atoms with Crippen LogP contribution in [0.4, 0.5) is 4.39 Å². The summed E-state index contributed by atoms with van der Waals surface area (Å²) >= 11 is 0. The second-order valence-electron chi connectivity index (χ2n) is 10.0. The van der Waals surface area contributed by atoms with E-state index in [9.17, 15) is 14.3 Å². The number of benzene rings is 3. The monoisotopic (exact) mass is 569 g/mol. The van der Waals surface area contributed by atoms with E-state index < -0.39 is 5.97 Å². The second kappa shape index (κ2) is 12.9. The molecule has 0 saturated carbocycles. The fourth-order valence-corrected chi connectivity index (χ4v) is 4.87. The standard InChI is InChI=1S/C33H32FN3O5/c1-21-7-8-25(27(34)15-21)20-42-32-6-4-5-28(36-32)23-10-9-22(26(16-23)19-41-3)18-31-35-29-12-11-24(33(38)39)17-30(29)37(31)13-14-40-2/h4-12,15-17H,13-14,18-20H2,1-3H3,(H,38,39). The molecule has 1 N–H and O–H groups in total. The Hall–Kier alpha value is -4.60. The normalized spacial score (nSPS) is 11.2. The number of rotatable bonds is 12. The highest BCUT2D eigenvalue weighted by Crippen LogP contribution is 2.27. The number of carboxylic acid groups (broad SMARTS) is 1. The number of fused-ring (bicyclic) bond motifs is 1. The number of carbonyl (C=O) groups is 1. The number of aromatic nitrogens is 3. The lowest BCUT2D eigenvalue weighted by molar-refractivity contribution is 0.0697. The quantitative estimate of drug-likeness (QED) is 0.191. The number of hydrogen-bond donors (Lipinski definition) is 1. The summed E-state index contributed by atoms with van der Waals surface area (Å²) in [4.78, 5) is 21.1. The Labute approximate surface area is 243 Å². The van der Waals surface area contributed by atoms with Crippen molar-refractivity contribution in [3.63, 3.8) is 0 Å². The molecule has 0 aliphatic heterocycles. The zero-order valence-corrected chi connectivity index (χ0v) is 23.8. The Kier molecular flexibility index (Phi) is 8.90. The largest absolute Gasteiger partial charge is 0.478 e. The molecule has 2 heterocycles. The number of imidazole rings is 1. The number of nitrogens with zero attached hydrogens (tertiary/aromatic N) is 3. The Morgan fingerprint density at radius 2 is 1.74 bits per heavy atom. The van der Waals surface area contributed by atoms with Gasteiger partial charge in [0.15, 0.2) is 0 Å². The first-order valence-electron chi connectivity index (χ1n) is 13.5. The van der Waals surface area contributed by atoms with E-state index in [2.05, 4.69) is 4.98 Å². The molecule has 0 bridgehead atoms. The van der Waals surface area contributed by atoms with E-state index in [0.717, 1.165) is 39.1 Å². The fraction of sp³-hybridized carbons (Fsp3) is 0.242. The molecule has 5 aromatic rings. The summed E-state index contributed by atoms with van der Waals surface area (Å²) in [5.41, 5.74) is 6.60. The molecule has 0 spiro atoms. The van der Waals surface area contributed by atoms with Crippen molar-refractivity contribution < 1.29 is 28.5 Å². The maximum Gasteiger partial charge on any atom is 0.335 e. The van der Waals surface area contributed by atoms with Gasteiger partial charge in [0.2, 0.25) is 5.88 Å². The van der Waals surface area contributed by atoms with Crippen molar-refractivity contribution in [3.8, 4) is 17.1 Å². The van der Waals surface area contributed by atoms with Crippen molar-refractivity contribution >= 4 is 17.0 Å². The van der Waals surface area contributed by atoms with Crippen LogP contribution in [0.5, 0.6) is 5.88 Å². The Bertz CT molecular complexity index is 1730. The molecule has 3 aromatic carbocycles. The van der Waals surface area contributed by atoms with Crippen LogP contribution in [0.1, 0.15) is 38.4 Å². The van der Waals surface area contributed by atoms with Crippen molar-refractivity contribution in [3.05, 3.63) is 112 Å². The van der Waals surface area contributed by atoms with Crippen LogP contribution in [0.3, 0.4) is 0 Å². The highest BCUT2D eigenvalue weighted by atomic mass is 19.1. The van der Waals surface area contributed by atoms with E-state index in [1.807, 2.05) is 47.9 Å². The number of pyridine rings is 1. The molecule has 5 rings (SSSR count). The minimum absolute atomic E-state index is 0.0778. The van der Waals surface area contributed by atoms with Crippen LogP contribution >= 0.6 is 0 Å². The molecule has 0 fully saturated rings. The molecular weight excluding hydrogens is 537 g/mol. The SMILES string of the molecule is COCCn1c(Cc2ccc(-c3cccc(OCc4ccc(C)cc4F)n3)cc2COC)nc2ccc(C(=O)O)cc21. The predicted molar refractivity (Wildman–Crippen MR) is 157 cm³/mol. The third kappa shape index (κ3) is 6.48. The highest BCUT2D eigenvalue weighted by molar-refractivity contribution is 5.92. The number of aryl methyl sites for hydroxylation is 1. The fourth-order valence-electron chi connectivity index (χ4n) is 4.87. The number of hydrogen-bond acceptors (Lipinski definition) is 6. The molecule has 0 unspecified atom stereocenters. The third-order valence-corrected chi connectivity index (χ3v) is 7.05. The van der Waals surface area contributed by atoms with Gasteiger partial charge in [-0.2, -0.15) is 0 Å². The van der Waals surface area contributed by atoms with Gasteiger partial charge in [-0.05, 0) is 60.0 Å². The van der Waals surface area contributed by atoms with Crippen molar-refractivity contribution in [1.82, 2.24) is 14.5 Å². The summed E-state index contributed by atoms with van der Waals surface area (Å²) < 4.78 is 32.9. The maximum atomic E-state index is 14.3. The molecule has 8 nitrogen and oxygen atoms in total. The number of methoxy groups -OCH3 is 2.